The molecule has 0 aliphatic heterocycles. The number of halogens is 2. The second-order valence-electron chi connectivity index (χ2n) is 4.32. The first-order valence-electron chi connectivity index (χ1n) is 5.93. The van der Waals surface area contributed by atoms with Crippen molar-refractivity contribution in [3.63, 3.8) is 0 Å². The van der Waals surface area contributed by atoms with E-state index in [0.717, 1.165) is 32.8 Å². The van der Waals surface area contributed by atoms with Gasteiger partial charge in [0, 0.05) is 21.1 Å². The largest absolute Gasteiger partial charge is 0.496 e. The molecular formula is C15H15BrClNO. The first kappa shape index (κ1) is 14.4. The van der Waals surface area contributed by atoms with Crippen molar-refractivity contribution in [2.24, 2.45) is 5.73 Å². The zero-order valence-corrected chi connectivity index (χ0v) is 12.9. The summed E-state index contributed by atoms with van der Waals surface area (Å²) in [6.07, 6.45) is 0.740. The van der Waals surface area contributed by atoms with E-state index in [1.807, 2.05) is 42.5 Å². The van der Waals surface area contributed by atoms with Gasteiger partial charge < -0.3 is 10.5 Å². The summed E-state index contributed by atoms with van der Waals surface area (Å²) in [5, 5.41) is 0.734. The summed E-state index contributed by atoms with van der Waals surface area (Å²) in [6.45, 7) is 0. The van der Waals surface area contributed by atoms with Gasteiger partial charge in [-0.3, -0.25) is 0 Å². The van der Waals surface area contributed by atoms with Crippen LogP contribution < -0.4 is 10.5 Å². The normalized spacial score (nSPS) is 12.2. The third kappa shape index (κ3) is 3.72. The van der Waals surface area contributed by atoms with Crippen LogP contribution in [0.2, 0.25) is 5.02 Å². The smallest absolute Gasteiger partial charge is 0.123 e. The molecule has 0 fully saturated rings. The molecule has 0 amide bonds. The fourth-order valence-electron chi connectivity index (χ4n) is 1.98. The topological polar surface area (TPSA) is 35.2 Å². The minimum Gasteiger partial charge on any atom is -0.496 e. The molecule has 0 heterocycles. The highest BCUT2D eigenvalue weighted by Gasteiger charge is 2.13. The van der Waals surface area contributed by atoms with Gasteiger partial charge in [-0.2, -0.15) is 0 Å². The van der Waals surface area contributed by atoms with Crippen molar-refractivity contribution >= 4 is 27.5 Å². The second-order valence-corrected chi connectivity index (χ2v) is 5.68. The van der Waals surface area contributed by atoms with Crippen LogP contribution in [0.4, 0.5) is 0 Å². The van der Waals surface area contributed by atoms with Crippen LogP contribution in [0.3, 0.4) is 0 Å². The molecular weight excluding hydrogens is 326 g/mol. The van der Waals surface area contributed by atoms with Crippen LogP contribution in [0.15, 0.2) is 46.9 Å². The molecule has 0 aliphatic rings. The molecule has 19 heavy (non-hydrogen) atoms. The van der Waals surface area contributed by atoms with E-state index in [9.17, 15) is 0 Å². The molecule has 1 unspecified atom stereocenters. The Balaban J connectivity index is 2.21. The van der Waals surface area contributed by atoms with E-state index in [-0.39, 0.29) is 6.04 Å². The highest BCUT2D eigenvalue weighted by atomic mass is 79.9. The summed E-state index contributed by atoms with van der Waals surface area (Å²) in [7, 11) is 1.65. The number of hydrogen-bond acceptors (Lipinski definition) is 2. The van der Waals surface area contributed by atoms with Crippen LogP contribution in [-0.2, 0) is 6.42 Å². The fraction of sp³-hybridized carbons (Fsp3) is 0.200. The van der Waals surface area contributed by atoms with Crippen LogP contribution in [0.1, 0.15) is 17.2 Å². The Bertz CT molecular complexity index is 557. The molecule has 2 aromatic rings. The predicted octanol–water partition coefficient (Wildman–Crippen LogP) is 4.35. The van der Waals surface area contributed by atoms with E-state index in [4.69, 9.17) is 22.1 Å². The number of nitrogens with two attached hydrogens (primary N) is 1. The monoisotopic (exact) mass is 339 g/mol. The SMILES string of the molecule is COc1ccc(Br)cc1C(N)Cc1ccc(Cl)cc1. The summed E-state index contributed by atoms with van der Waals surface area (Å²) in [5.74, 6) is 0.810. The quantitative estimate of drug-likeness (QED) is 0.898. The molecule has 0 aliphatic carbocycles. The Morgan fingerprint density at radius 2 is 1.89 bits per heavy atom. The van der Waals surface area contributed by atoms with Gasteiger partial charge in [-0.15, -0.1) is 0 Å². The van der Waals surface area contributed by atoms with Crippen LogP contribution in [0.25, 0.3) is 0 Å². The number of rotatable bonds is 4. The first-order valence-corrected chi connectivity index (χ1v) is 7.10. The number of benzene rings is 2. The average Bonchev–Trinajstić information content (AvgIpc) is 2.41. The number of ether oxygens (including phenoxy) is 1. The van der Waals surface area contributed by atoms with Gasteiger partial charge >= 0.3 is 0 Å². The van der Waals surface area contributed by atoms with E-state index in [1.54, 1.807) is 7.11 Å². The van der Waals surface area contributed by atoms with Gasteiger partial charge in [0.25, 0.3) is 0 Å². The molecule has 0 spiro atoms. The van der Waals surface area contributed by atoms with Crippen molar-refractivity contribution in [3.05, 3.63) is 63.1 Å². The average molecular weight is 341 g/mol. The number of hydrogen-bond donors (Lipinski definition) is 1. The first-order chi connectivity index (χ1) is 9.10. The summed E-state index contributed by atoms with van der Waals surface area (Å²) < 4.78 is 6.35. The molecule has 1 atom stereocenters. The molecule has 0 saturated heterocycles. The van der Waals surface area contributed by atoms with Crippen LogP contribution >= 0.6 is 27.5 Å². The maximum absolute atomic E-state index is 6.28. The van der Waals surface area contributed by atoms with Crippen molar-refractivity contribution in [2.75, 3.05) is 7.11 Å². The molecule has 2 nitrogen and oxygen atoms in total. The summed E-state index contributed by atoms with van der Waals surface area (Å²) >= 11 is 9.34. The lowest BCUT2D eigenvalue weighted by molar-refractivity contribution is 0.405. The Morgan fingerprint density at radius 3 is 2.53 bits per heavy atom. The maximum atomic E-state index is 6.28. The van der Waals surface area contributed by atoms with Gasteiger partial charge in [-0.1, -0.05) is 39.7 Å². The third-order valence-electron chi connectivity index (χ3n) is 2.96. The molecule has 2 aromatic carbocycles. The second kappa shape index (κ2) is 6.42. The maximum Gasteiger partial charge on any atom is 0.123 e. The Hall–Kier alpha value is -1.03. The van der Waals surface area contributed by atoms with Gasteiger partial charge in [-0.25, -0.2) is 0 Å². The van der Waals surface area contributed by atoms with Gasteiger partial charge in [-0.05, 0) is 42.3 Å². The minimum atomic E-state index is -0.117. The molecule has 0 saturated carbocycles. The summed E-state index contributed by atoms with van der Waals surface area (Å²) in [6, 6.07) is 13.5. The third-order valence-corrected chi connectivity index (χ3v) is 3.71. The highest BCUT2D eigenvalue weighted by Crippen LogP contribution is 2.29. The molecule has 0 aromatic heterocycles. The van der Waals surface area contributed by atoms with Gasteiger partial charge in [0.15, 0.2) is 0 Å². The lowest BCUT2D eigenvalue weighted by Gasteiger charge is -2.16. The molecule has 100 valence electrons. The van der Waals surface area contributed by atoms with E-state index in [1.165, 1.54) is 0 Å². The van der Waals surface area contributed by atoms with Crippen LogP contribution in [0.5, 0.6) is 5.75 Å². The fourth-order valence-corrected chi connectivity index (χ4v) is 2.48. The highest BCUT2D eigenvalue weighted by molar-refractivity contribution is 9.10. The Kier molecular flexibility index (Phi) is 4.86. The van der Waals surface area contributed by atoms with Crippen molar-refractivity contribution in [2.45, 2.75) is 12.5 Å². The van der Waals surface area contributed by atoms with E-state index >= 15 is 0 Å². The lowest BCUT2D eigenvalue weighted by Crippen LogP contribution is -2.14. The van der Waals surface area contributed by atoms with Crippen LogP contribution in [-0.4, -0.2) is 7.11 Å². The van der Waals surface area contributed by atoms with E-state index in [0.29, 0.717) is 0 Å². The van der Waals surface area contributed by atoms with E-state index in [2.05, 4.69) is 15.9 Å². The van der Waals surface area contributed by atoms with E-state index < -0.39 is 0 Å². The van der Waals surface area contributed by atoms with Gasteiger partial charge in [0.2, 0.25) is 0 Å². The van der Waals surface area contributed by atoms with Crippen molar-refractivity contribution < 1.29 is 4.74 Å². The van der Waals surface area contributed by atoms with Gasteiger partial charge in [0.05, 0.1) is 7.11 Å². The number of methoxy groups -OCH3 is 1. The lowest BCUT2D eigenvalue weighted by atomic mass is 9.99. The Morgan fingerprint density at radius 1 is 1.21 bits per heavy atom. The van der Waals surface area contributed by atoms with Gasteiger partial charge in [0.1, 0.15) is 5.75 Å². The van der Waals surface area contributed by atoms with Crippen molar-refractivity contribution in [1.29, 1.82) is 0 Å². The zero-order valence-electron chi connectivity index (χ0n) is 10.6. The molecule has 0 bridgehead atoms. The predicted molar refractivity (Wildman–Crippen MR) is 82.8 cm³/mol. The Labute approximate surface area is 126 Å². The molecule has 2 N–H and O–H groups in total. The molecule has 0 radical (unpaired) electrons. The minimum absolute atomic E-state index is 0.117. The van der Waals surface area contributed by atoms with Crippen molar-refractivity contribution in [3.8, 4) is 5.75 Å². The summed E-state index contributed by atoms with van der Waals surface area (Å²) in [5.41, 5.74) is 8.42. The van der Waals surface area contributed by atoms with Crippen LogP contribution in [0, 0.1) is 0 Å². The molecule has 4 heteroatoms. The summed E-state index contributed by atoms with van der Waals surface area (Å²) in [4.78, 5) is 0. The standard InChI is InChI=1S/C15H15BrClNO/c1-19-15-7-4-11(16)9-13(15)14(18)8-10-2-5-12(17)6-3-10/h2-7,9,14H,8,18H2,1H3. The zero-order chi connectivity index (χ0) is 13.8. The molecule has 2 rings (SSSR count). The van der Waals surface area contributed by atoms with Crippen molar-refractivity contribution in [1.82, 2.24) is 0 Å².